The fraction of sp³-hybridized carbons (Fsp3) is 0.357. The Hall–Kier alpha value is -1.84. The highest BCUT2D eigenvalue weighted by atomic mass is 19.1. The number of rotatable bonds is 5. The van der Waals surface area contributed by atoms with Gasteiger partial charge in [-0.15, -0.1) is 0 Å². The number of aromatic nitrogens is 2. The lowest BCUT2D eigenvalue weighted by Gasteiger charge is -2.11. The molecule has 0 amide bonds. The number of nitrogens with one attached hydrogen (secondary N) is 1. The molecule has 0 saturated carbocycles. The van der Waals surface area contributed by atoms with Crippen molar-refractivity contribution in [2.75, 3.05) is 5.32 Å². The predicted octanol–water partition coefficient (Wildman–Crippen LogP) is 3.87. The SMILES string of the molecule is CCCCn1ccnc1Nc1ccc(F)cc1C. The first-order valence-electron chi connectivity index (χ1n) is 6.25. The van der Waals surface area contributed by atoms with Gasteiger partial charge in [0, 0.05) is 24.6 Å². The monoisotopic (exact) mass is 247 g/mol. The Morgan fingerprint density at radius 2 is 2.22 bits per heavy atom. The van der Waals surface area contributed by atoms with Crippen LogP contribution in [0, 0.1) is 12.7 Å². The van der Waals surface area contributed by atoms with E-state index in [0.717, 1.165) is 36.6 Å². The standard InChI is InChI=1S/C14H18FN3/c1-3-4-8-18-9-7-16-14(18)17-13-6-5-12(15)10-11(13)2/h5-7,9-10H,3-4,8H2,1-2H3,(H,16,17). The third-order valence-corrected chi connectivity index (χ3v) is 2.90. The number of halogens is 1. The minimum Gasteiger partial charge on any atom is -0.325 e. The maximum atomic E-state index is 13.0. The molecule has 0 unspecified atom stereocenters. The third kappa shape index (κ3) is 2.88. The quantitative estimate of drug-likeness (QED) is 0.869. The van der Waals surface area contributed by atoms with E-state index in [1.165, 1.54) is 12.1 Å². The molecule has 3 nitrogen and oxygen atoms in total. The number of hydrogen-bond acceptors (Lipinski definition) is 2. The van der Waals surface area contributed by atoms with E-state index in [2.05, 4.69) is 21.8 Å². The third-order valence-electron chi connectivity index (χ3n) is 2.90. The fourth-order valence-corrected chi connectivity index (χ4v) is 1.83. The van der Waals surface area contributed by atoms with Crippen LogP contribution in [0.4, 0.5) is 16.0 Å². The summed E-state index contributed by atoms with van der Waals surface area (Å²) in [5, 5.41) is 3.24. The number of benzene rings is 1. The van der Waals surface area contributed by atoms with Crippen LogP contribution in [0.5, 0.6) is 0 Å². The van der Waals surface area contributed by atoms with Crippen LogP contribution < -0.4 is 5.32 Å². The summed E-state index contributed by atoms with van der Waals surface area (Å²) in [5.74, 6) is 0.588. The molecule has 1 aromatic heterocycles. The number of hydrogen-bond donors (Lipinski definition) is 1. The van der Waals surface area contributed by atoms with Crippen molar-refractivity contribution in [2.45, 2.75) is 33.2 Å². The van der Waals surface area contributed by atoms with E-state index in [1.54, 1.807) is 12.3 Å². The Morgan fingerprint density at radius 1 is 1.39 bits per heavy atom. The molecule has 1 aromatic carbocycles. The van der Waals surface area contributed by atoms with Gasteiger partial charge in [-0.2, -0.15) is 0 Å². The van der Waals surface area contributed by atoms with Crippen LogP contribution in [-0.4, -0.2) is 9.55 Å². The van der Waals surface area contributed by atoms with Crippen molar-refractivity contribution in [1.82, 2.24) is 9.55 Å². The van der Waals surface area contributed by atoms with Crippen LogP contribution in [0.2, 0.25) is 0 Å². The maximum absolute atomic E-state index is 13.0. The topological polar surface area (TPSA) is 29.9 Å². The molecule has 0 bridgehead atoms. The zero-order chi connectivity index (χ0) is 13.0. The van der Waals surface area contributed by atoms with Crippen molar-refractivity contribution in [2.24, 2.45) is 0 Å². The number of imidazole rings is 1. The molecule has 18 heavy (non-hydrogen) atoms. The van der Waals surface area contributed by atoms with Crippen LogP contribution in [0.25, 0.3) is 0 Å². The molecule has 1 heterocycles. The molecule has 96 valence electrons. The van der Waals surface area contributed by atoms with Crippen molar-refractivity contribution in [1.29, 1.82) is 0 Å². The summed E-state index contributed by atoms with van der Waals surface area (Å²) in [5.41, 5.74) is 1.76. The van der Waals surface area contributed by atoms with Crippen LogP contribution in [0.3, 0.4) is 0 Å². The second-order valence-corrected chi connectivity index (χ2v) is 4.38. The smallest absolute Gasteiger partial charge is 0.207 e. The van der Waals surface area contributed by atoms with Crippen molar-refractivity contribution in [3.05, 3.63) is 42.0 Å². The van der Waals surface area contributed by atoms with E-state index in [1.807, 2.05) is 13.1 Å². The molecule has 1 N–H and O–H groups in total. The average molecular weight is 247 g/mol. The second kappa shape index (κ2) is 5.67. The Morgan fingerprint density at radius 3 is 2.94 bits per heavy atom. The first kappa shape index (κ1) is 12.6. The molecule has 2 rings (SSSR count). The van der Waals surface area contributed by atoms with E-state index in [0.29, 0.717) is 0 Å². The summed E-state index contributed by atoms with van der Waals surface area (Å²) in [7, 11) is 0. The number of aryl methyl sites for hydroxylation is 2. The van der Waals surface area contributed by atoms with Crippen LogP contribution >= 0.6 is 0 Å². The van der Waals surface area contributed by atoms with E-state index in [-0.39, 0.29) is 5.82 Å². The molecule has 0 fully saturated rings. The lowest BCUT2D eigenvalue weighted by atomic mass is 10.2. The van der Waals surface area contributed by atoms with E-state index >= 15 is 0 Å². The Labute approximate surface area is 107 Å². The van der Waals surface area contributed by atoms with Gasteiger partial charge < -0.3 is 9.88 Å². The van der Waals surface area contributed by atoms with Crippen molar-refractivity contribution >= 4 is 11.6 Å². The van der Waals surface area contributed by atoms with Gasteiger partial charge in [-0.3, -0.25) is 0 Å². The van der Waals surface area contributed by atoms with Gasteiger partial charge in [0.15, 0.2) is 0 Å². The van der Waals surface area contributed by atoms with E-state index < -0.39 is 0 Å². The normalized spacial score (nSPS) is 10.6. The van der Waals surface area contributed by atoms with Crippen LogP contribution in [-0.2, 0) is 6.54 Å². The molecule has 0 spiro atoms. The maximum Gasteiger partial charge on any atom is 0.207 e. The second-order valence-electron chi connectivity index (χ2n) is 4.38. The van der Waals surface area contributed by atoms with Gasteiger partial charge in [0.05, 0.1) is 0 Å². The van der Waals surface area contributed by atoms with Crippen molar-refractivity contribution in [3.63, 3.8) is 0 Å². The fourth-order valence-electron chi connectivity index (χ4n) is 1.83. The molecule has 0 saturated heterocycles. The Kier molecular flexibility index (Phi) is 3.97. The highest BCUT2D eigenvalue weighted by Gasteiger charge is 2.05. The minimum atomic E-state index is -0.215. The summed E-state index contributed by atoms with van der Waals surface area (Å²) in [4.78, 5) is 4.29. The predicted molar refractivity (Wildman–Crippen MR) is 71.6 cm³/mol. The van der Waals surface area contributed by atoms with Crippen LogP contribution in [0.15, 0.2) is 30.6 Å². The molecule has 0 aliphatic heterocycles. The summed E-state index contributed by atoms with van der Waals surface area (Å²) >= 11 is 0. The molecule has 2 aromatic rings. The molecule has 0 aliphatic carbocycles. The zero-order valence-corrected chi connectivity index (χ0v) is 10.8. The van der Waals surface area contributed by atoms with Gasteiger partial charge in [-0.1, -0.05) is 13.3 Å². The van der Waals surface area contributed by atoms with E-state index in [9.17, 15) is 4.39 Å². The minimum absolute atomic E-state index is 0.215. The van der Waals surface area contributed by atoms with Crippen molar-refractivity contribution in [3.8, 4) is 0 Å². The van der Waals surface area contributed by atoms with Gasteiger partial charge in [0.25, 0.3) is 0 Å². The molecule has 0 radical (unpaired) electrons. The highest BCUT2D eigenvalue weighted by Crippen LogP contribution is 2.20. The lowest BCUT2D eigenvalue weighted by Crippen LogP contribution is -2.04. The van der Waals surface area contributed by atoms with Crippen LogP contribution in [0.1, 0.15) is 25.3 Å². The number of anilines is 2. The largest absolute Gasteiger partial charge is 0.325 e. The molecule has 4 heteroatoms. The lowest BCUT2D eigenvalue weighted by molar-refractivity contribution is 0.626. The summed E-state index contributed by atoms with van der Waals surface area (Å²) in [6, 6.07) is 4.71. The number of unbranched alkanes of at least 4 members (excludes halogenated alkanes) is 1. The average Bonchev–Trinajstić information content (AvgIpc) is 2.77. The summed E-state index contributed by atoms with van der Waals surface area (Å²) < 4.78 is 15.1. The molecule has 0 atom stereocenters. The van der Waals surface area contributed by atoms with Gasteiger partial charge in [0.2, 0.25) is 5.95 Å². The van der Waals surface area contributed by atoms with Gasteiger partial charge in [0.1, 0.15) is 5.82 Å². The molecular formula is C14H18FN3. The zero-order valence-electron chi connectivity index (χ0n) is 10.8. The first-order valence-corrected chi connectivity index (χ1v) is 6.25. The first-order chi connectivity index (χ1) is 8.70. The molecular weight excluding hydrogens is 229 g/mol. The number of nitrogens with zero attached hydrogens (tertiary/aromatic N) is 2. The van der Waals surface area contributed by atoms with Gasteiger partial charge >= 0.3 is 0 Å². The van der Waals surface area contributed by atoms with Gasteiger partial charge in [-0.25, -0.2) is 9.37 Å². The summed E-state index contributed by atoms with van der Waals surface area (Å²) in [6.07, 6.45) is 5.99. The Bertz CT molecular complexity index is 520. The Balaban J connectivity index is 2.15. The molecule has 0 aliphatic rings. The summed E-state index contributed by atoms with van der Waals surface area (Å²) in [6.45, 7) is 4.98. The highest BCUT2D eigenvalue weighted by molar-refractivity contribution is 5.58. The van der Waals surface area contributed by atoms with Gasteiger partial charge in [-0.05, 0) is 37.1 Å². The van der Waals surface area contributed by atoms with E-state index in [4.69, 9.17) is 0 Å². The van der Waals surface area contributed by atoms with Crippen molar-refractivity contribution < 1.29 is 4.39 Å².